The van der Waals surface area contributed by atoms with Crippen molar-refractivity contribution in [2.24, 2.45) is 23.2 Å². The molecule has 1 aromatic carbocycles. The molecule has 0 aliphatic carbocycles. The van der Waals surface area contributed by atoms with Gasteiger partial charge in [0.1, 0.15) is 18.0 Å². The lowest BCUT2D eigenvalue weighted by atomic mass is 9.83. The molecule has 0 radical (unpaired) electrons. The molecule has 0 spiro atoms. The second-order valence-electron chi connectivity index (χ2n) is 12.4. The second-order valence-corrected chi connectivity index (χ2v) is 12.4. The van der Waals surface area contributed by atoms with Crippen LogP contribution >= 0.6 is 0 Å². The number of aliphatic hydroxyl groups is 1. The molecule has 210 valence electrons. The van der Waals surface area contributed by atoms with Crippen molar-refractivity contribution in [1.29, 1.82) is 0 Å². The normalized spacial score (nSPS) is 20.6. The van der Waals surface area contributed by atoms with Gasteiger partial charge in [0.15, 0.2) is 5.60 Å². The number of aryl methyl sites for hydroxylation is 1. The number of aliphatic hydroxyl groups excluding tert-OH is 1. The summed E-state index contributed by atoms with van der Waals surface area (Å²) in [5, 5.41) is 11.2. The fourth-order valence-corrected chi connectivity index (χ4v) is 5.42. The van der Waals surface area contributed by atoms with Crippen LogP contribution in [0.3, 0.4) is 0 Å². The van der Waals surface area contributed by atoms with Crippen molar-refractivity contribution in [1.82, 2.24) is 0 Å². The van der Waals surface area contributed by atoms with E-state index in [2.05, 4.69) is 33.8 Å². The summed E-state index contributed by atoms with van der Waals surface area (Å²) >= 11 is 0. The molecule has 1 N–H and O–H groups in total. The Morgan fingerprint density at radius 3 is 2.47 bits per heavy atom. The van der Waals surface area contributed by atoms with Crippen LogP contribution in [-0.2, 0) is 25.5 Å². The van der Waals surface area contributed by atoms with Crippen molar-refractivity contribution in [2.45, 2.75) is 92.6 Å². The Morgan fingerprint density at radius 2 is 1.87 bits per heavy atom. The van der Waals surface area contributed by atoms with E-state index in [0.29, 0.717) is 36.2 Å². The van der Waals surface area contributed by atoms with E-state index in [0.717, 1.165) is 41.6 Å². The number of carbonyl (C=O) groups excluding carboxylic acids is 2. The largest absolute Gasteiger partial charge is 0.461 e. The first-order valence-corrected chi connectivity index (χ1v) is 14.1. The van der Waals surface area contributed by atoms with Crippen molar-refractivity contribution in [3.63, 3.8) is 0 Å². The van der Waals surface area contributed by atoms with Gasteiger partial charge in [-0.3, -0.25) is 4.79 Å². The Labute approximate surface area is 227 Å². The maximum absolute atomic E-state index is 13.3. The minimum Gasteiger partial charge on any atom is -0.461 e. The molecule has 2 atom stereocenters. The minimum atomic E-state index is -1.24. The van der Waals surface area contributed by atoms with Gasteiger partial charge in [0.05, 0.1) is 12.0 Å². The first-order chi connectivity index (χ1) is 17.9. The van der Waals surface area contributed by atoms with Gasteiger partial charge in [0, 0.05) is 23.8 Å². The number of allylic oxidation sites excluding steroid dienone is 1. The third kappa shape index (κ3) is 7.49. The summed E-state index contributed by atoms with van der Waals surface area (Å²) in [6, 6.07) is 7.97. The molecule has 0 amide bonds. The van der Waals surface area contributed by atoms with Crippen LogP contribution in [0.25, 0.3) is 11.0 Å². The number of cyclic esters (lactones) is 1. The quantitative estimate of drug-likeness (QED) is 0.225. The van der Waals surface area contributed by atoms with E-state index < -0.39 is 29.6 Å². The number of hydrogen-bond acceptors (Lipinski definition) is 6. The lowest BCUT2D eigenvalue weighted by Crippen LogP contribution is -2.42. The van der Waals surface area contributed by atoms with Gasteiger partial charge in [-0.25, -0.2) is 4.79 Å². The molecular weight excluding hydrogens is 480 g/mol. The lowest BCUT2D eigenvalue weighted by molar-refractivity contribution is -0.172. The van der Waals surface area contributed by atoms with Crippen LogP contribution in [0.15, 0.2) is 40.3 Å². The first-order valence-electron chi connectivity index (χ1n) is 14.1. The summed E-state index contributed by atoms with van der Waals surface area (Å²) in [6.45, 7) is 14.1. The predicted molar refractivity (Wildman–Crippen MR) is 150 cm³/mol. The lowest BCUT2D eigenvalue weighted by Gasteiger charge is -2.29. The van der Waals surface area contributed by atoms with Gasteiger partial charge in [-0.15, -0.1) is 0 Å². The van der Waals surface area contributed by atoms with Gasteiger partial charge < -0.3 is 19.0 Å². The van der Waals surface area contributed by atoms with Crippen LogP contribution < -0.4 is 0 Å². The zero-order chi connectivity index (χ0) is 28.1. The van der Waals surface area contributed by atoms with Crippen LogP contribution in [0, 0.1) is 30.1 Å². The van der Waals surface area contributed by atoms with E-state index in [4.69, 9.17) is 13.9 Å². The molecule has 1 saturated heterocycles. The molecule has 0 saturated carbocycles. The topological polar surface area (TPSA) is 86.0 Å². The summed E-state index contributed by atoms with van der Waals surface area (Å²) in [6.07, 6.45) is 6.13. The maximum Gasteiger partial charge on any atom is 0.334 e. The summed E-state index contributed by atoms with van der Waals surface area (Å²) in [7, 11) is 0. The maximum atomic E-state index is 13.3. The van der Waals surface area contributed by atoms with Gasteiger partial charge in [0.25, 0.3) is 0 Å². The Kier molecular flexibility index (Phi) is 9.85. The second kappa shape index (κ2) is 12.5. The molecule has 0 unspecified atom stereocenters. The number of benzene rings is 1. The highest BCUT2D eigenvalue weighted by Gasteiger charge is 2.46. The molecular formula is C32H46O6. The molecule has 38 heavy (non-hydrogen) atoms. The molecule has 1 fully saturated rings. The number of esters is 2. The smallest absolute Gasteiger partial charge is 0.334 e. The minimum absolute atomic E-state index is 0.179. The summed E-state index contributed by atoms with van der Waals surface area (Å²) in [5.41, 5.74) is 0.435. The van der Waals surface area contributed by atoms with E-state index >= 15 is 0 Å². The van der Waals surface area contributed by atoms with Gasteiger partial charge >= 0.3 is 11.9 Å². The highest BCUT2D eigenvalue weighted by molar-refractivity contribution is 5.91. The van der Waals surface area contributed by atoms with Crippen molar-refractivity contribution in [3.8, 4) is 0 Å². The van der Waals surface area contributed by atoms with E-state index in [1.165, 1.54) is 0 Å². The zero-order valence-corrected chi connectivity index (χ0v) is 24.3. The molecule has 2 aromatic rings. The van der Waals surface area contributed by atoms with Gasteiger partial charge in [-0.2, -0.15) is 0 Å². The average molecular weight is 527 g/mol. The number of carbonyl (C=O) groups is 2. The highest BCUT2D eigenvalue weighted by atomic mass is 16.6. The monoisotopic (exact) mass is 526 g/mol. The Hall–Kier alpha value is -2.60. The van der Waals surface area contributed by atoms with Crippen molar-refractivity contribution >= 4 is 22.9 Å². The summed E-state index contributed by atoms with van der Waals surface area (Å²) in [5.74, 6) is 1.55. The number of hydrogen-bond donors (Lipinski definition) is 1. The summed E-state index contributed by atoms with van der Waals surface area (Å²) in [4.78, 5) is 26.0. The number of fused-ring (bicyclic) bond motifs is 1. The highest BCUT2D eigenvalue weighted by Crippen LogP contribution is 2.35. The molecule has 6 heteroatoms. The van der Waals surface area contributed by atoms with E-state index in [9.17, 15) is 14.7 Å². The number of rotatable bonds is 13. The molecule has 3 rings (SSSR count). The molecule has 2 heterocycles. The fourth-order valence-electron chi connectivity index (χ4n) is 5.42. The fraction of sp³-hybridized carbons (Fsp3) is 0.625. The first kappa shape index (κ1) is 29.9. The average Bonchev–Trinajstić information content (AvgIpc) is 3.39. The molecule has 0 bridgehead atoms. The zero-order valence-electron chi connectivity index (χ0n) is 24.3. The Morgan fingerprint density at radius 1 is 1.18 bits per heavy atom. The Balaban J connectivity index is 1.66. The van der Waals surface area contributed by atoms with Crippen LogP contribution in [0.2, 0.25) is 0 Å². The van der Waals surface area contributed by atoms with Crippen molar-refractivity contribution in [2.75, 3.05) is 13.2 Å². The predicted octanol–water partition coefficient (Wildman–Crippen LogP) is 6.95. The van der Waals surface area contributed by atoms with Crippen molar-refractivity contribution < 1.29 is 28.6 Å². The van der Waals surface area contributed by atoms with E-state index in [1.807, 2.05) is 45.0 Å². The third-order valence-corrected chi connectivity index (χ3v) is 7.71. The SMILES string of the molecule is CC[C@](C)(Cc1cc2cc(C)ccc2o1)C(=O)OC[C@]1(CO)C/C(=C\CC(CC(C)C)CC(C)C)C(=O)O1. The van der Waals surface area contributed by atoms with Crippen LogP contribution in [0.1, 0.15) is 85.0 Å². The van der Waals surface area contributed by atoms with Gasteiger partial charge in [-0.05, 0) is 75.5 Å². The van der Waals surface area contributed by atoms with Crippen LogP contribution in [-0.4, -0.2) is 35.9 Å². The molecule has 6 nitrogen and oxygen atoms in total. The van der Waals surface area contributed by atoms with Crippen LogP contribution in [0.5, 0.6) is 0 Å². The van der Waals surface area contributed by atoms with Crippen molar-refractivity contribution in [3.05, 3.63) is 47.2 Å². The number of furan rings is 1. The standard InChI is InChI=1S/C32H46O6/c1-8-31(7,18-27-16-26-15-23(6)9-12-28(26)37-27)30(35)36-20-32(19-33)17-25(29(34)38-32)11-10-24(13-21(2)3)14-22(4)5/h9,11-12,15-16,21-22,24,33H,8,10,13-14,17-20H2,1-7H3/b25-11+/t31-,32-/m1/s1. The Bertz CT molecular complexity index is 1130. The van der Waals surface area contributed by atoms with E-state index in [1.54, 1.807) is 0 Å². The molecule has 1 aliphatic heterocycles. The van der Waals surface area contributed by atoms with Gasteiger partial charge in [-0.1, -0.05) is 52.3 Å². The molecule has 1 aliphatic rings. The number of ether oxygens (including phenoxy) is 2. The van der Waals surface area contributed by atoms with E-state index in [-0.39, 0.29) is 13.0 Å². The van der Waals surface area contributed by atoms with Gasteiger partial charge in [0.2, 0.25) is 0 Å². The molecule has 1 aromatic heterocycles. The third-order valence-electron chi connectivity index (χ3n) is 7.71. The van der Waals surface area contributed by atoms with Crippen LogP contribution in [0.4, 0.5) is 0 Å². The summed E-state index contributed by atoms with van der Waals surface area (Å²) < 4.78 is 17.3.